The molecule has 1 aromatic rings. The quantitative estimate of drug-likeness (QED) is 0.635. The molecule has 0 bridgehead atoms. The van der Waals surface area contributed by atoms with Gasteiger partial charge in [0.1, 0.15) is 5.82 Å². The van der Waals surface area contributed by atoms with E-state index in [1.807, 2.05) is 13.0 Å². The van der Waals surface area contributed by atoms with E-state index in [1.54, 1.807) is 25.1 Å². The minimum Gasteiger partial charge on any atom is -0.206 e. The zero-order valence-electron chi connectivity index (χ0n) is 7.77. The summed E-state index contributed by atoms with van der Waals surface area (Å²) in [5.41, 5.74) is 2.24. The van der Waals surface area contributed by atoms with Crippen molar-refractivity contribution in [1.82, 2.24) is 0 Å². The molecule has 0 spiro atoms. The molecule has 0 aliphatic rings. The summed E-state index contributed by atoms with van der Waals surface area (Å²) in [7, 11) is 0. The summed E-state index contributed by atoms with van der Waals surface area (Å²) in [4.78, 5) is 0. The summed E-state index contributed by atoms with van der Waals surface area (Å²) in [5, 5.41) is 0. The number of hydrogen-bond acceptors (Lipinski definition) is 0. The van der Waals surface area contributed by atoms with E-state index in [4.69, 9.17) is 11.6 Å². The van der Waals surface area contributed by atoms with Gasteiger partial charge in [0, 0.05) is 11.4 Å². The van der Waals surface area contributed by atoms with Crippen molar-refractivity contribution in [3.8, 4) is 0 Å². The van der Waals surface area contributed by atoms with Gasteiger partial charge in [-0.25, -0.2) is 4.39 Å². The topological polar surface area (TPSA) is 0 Å². The maximum absolute atomic E-state index is 13.4. The van der Waals surface area contributed by atoms with E-state index in [1.165, 1.54) is 0 Å². The van der Waals surface area contributed by atoms with Gasteiger partial charge in [-0.1, -0.05) is 29.8 Å². The lowest BCUT2D eigenvalue weighted by molar-refractivity contribution is 0.615. The number of hydrogen-bond donors (Lipinski definition) is 0. The predicted molar refractivity (Wildman–Crippen MR) is 55.5 cm³/mol. The molecule has 0 aliphatic heterocycles. The first-order chi connectivity index (χ1) is 6.15. The van der Waals surface area contributed by atoms with Gasteiger partial charge in [-0.2, -0.15) is 0 Å². The molecular weight excluding hydrogens is 187 g/mol. The van der Waals surface area contributed by atoms with E-state index in [9.17, 15) is 4.39 Å². The zero-order valence-corrected chi connectivity index (χ0v) is 8.53. The van der Waals surface area contributed by atoms with Crippen molar-refractivity contribution < 1.29 is 4.39 Å². The molecule has 0 nitrogen and oxygen atoms in total. The molecule has 0 radical (unpaired) electrons. The lowest BCUT2D eigenvalue weighted by atomic mass is 10.1. The molecule has 0 fully saturated rings. The van der Waals surface area contributed by atoms with Crippen LogP contribution in [0.1, 0.15) is 18.1 Å². The Morgan fingerprint density at radius 1 is 1.54 bits per heavy atom. The van der Waals surface area contributed by atoms with Crippen LogP contribution in [0.5, 0.6) is 0 Å². The molecule has 0 unspecified atom stereocenters. The van der Waals surface area contributed by atoms with Crippen molar-refractivity contribution in [1.29, 1.82) is 0 Å². The van der Waals surface area contributed by atoms with Crippen LogP contribution < -0.4 is 0 Å². The number of rotatable bonds is 2. The number of alkyl halides is 1. The summed E-state index contributed by atoms with van der Waals surface area (Å²) in [5.74, 6) is 0.278. The van der Waals surface area contributed by atoms with Gasteiger partial charge < -0.3 is 0 Å². The van der Waals surface area contributed by atoms with Crippen molar-refractivity contribution in [2.45, 2.75) is 13.8 Å². The molecule has 0 saturated carbocycles. The molecule has 1 rings (SSSR count). The first-order valence-electron chi connectivity index (χ1n) is 4.13. The smallest absolute Gasteiger partial charge is 0.133 e. The van der Waals surface area contributed by atoms with Gasteiger partial charge in [-0.15, -0.1) is 11.6 Å². The number of allylic oxidation sites excluding steroid dienone is 1. The van der Waals surface area contributed by atoms with Gasteiger partial charge in [0.05, 0.1) is 0 Å². The molecule has 2 heteroatoms. The fourth-order valence-electron chi connectivity index (χ4n) is 1.09. The van der Waals surface area contributed by atoms with Crippen LogP contribution in [0.3, 0.4) is 0 Å². The normalized spacial score (nSPS) is 11.8. The average molecular weight is 199 g/mol. The second-order valence-electron chi connectivity index (χ2n) is 3.10. The fourth-order valence-corrected chi connectivity index (χ4v) is 1.16. The third kappa shape index (κ3) is 2.56. The Kier molecular flexibility index (Phi) is 3.49. The Morgan fingerprint density at radius 3 is 2.85 bits per heavy atom. The maximum Gasteiger partial charge on any atom is 0.133 e. The largest absolute Gasteiger partial charge is 0.206 e. The minimum atomic E-state index is -0.160. The number of benzene rings is 1. The molecule has 0 aliphatic carbocycles. The van der Waals surface area contributed by atoms with E-state index in [0.29, 0.717) is 17.0 Å². The highest BCUT2D eigenvalue weighted by Gasteiger charge is 2.01. The molecule has 0 atom stereocenters. The van der Waals surface area contributed by atoms with Gasteiger partial charge in [0.2, 0.25) is 0 Å². The second-order valence-corrected chi connectivity index (χ2v) is 3.37. The monoisotopic (exact) mass is 198 g/mol. The van der Waals surface area contributed by atoms with Crippen LogP contribution in [0.4, 0.5) is 4.39 Å². The highest BCUT2D eigenvalue weighted by Crippen LogP contribution is 2.15. The van der Waals surface area contributed by atoms with Crippen molar-refractivity contribution in [3.05, 3.63) is 40.7 Å². The SMILES string of the molecule is C/C(=C/c1cccc(C)c1F)CCl. The van der Waals surface area contributed by atoms with Gasteiger partial charge in [-0.3, -0.25) is 0 Å². The zero-order chi connectivity index (χ0) is 9.84. The van der Waals surface area contributed by atoms with Crippen molar-refractivity contribution in [3.63, 3.8) is 0 Å². The molecule has 70 valence electrons. The summed E-state index contributed by atoms with van der Waals surface area (Å²) >= 11 is 5.60. The third-order valence-corrected chi connectivity index (χ3v) is 2.26. The Balaban J connectivity index is 3.09. The van der Waals surface area contributed by atoms with Gasteiger partial charge in [0.25, 0.3) is 0 Å². The van der Waals surface area contributed by atoms with E-state index in [0.717, 1.165) is 5.57 Å². The highest BCUT2D eigenvalue weighted by molar-refractivity contribution is 6.19. The van der Waals surface area contributed by atoms with Crippen molar-refractivity contribution >= 4 is 17.7 Å². The van der Waals surface area contributed by atoms with E-state index >= 15 is 0 Å². The summed E-state index contributed by atoms with van der Waals surface area (Å²) < 4.78 is 13.4. The summed E-state index contributed by atoms with van der Waals surface area (Å²) in [6.07, 6.45) is 1.77. The molecule has 0 saturated heterocycles. The molecule has 0 aromatic heterocycles. The maximum atomic E-state index is 13.4. The van der Waals surface area contributed by atoms with Crippen LogP contribution in [-0.4, -0.2) is 5.88 Å². The van der Waals surface area contributed by atoms with Gasteiger partial charge >= 0.3 is 0 Å². The van der Waals surface area contributed by atoms with E-state index in [2.05, 4.69) is 0 Å². The molecule has 1 aromatic carbocycles. The number of halogens is 2. The Labute approximate surface area is 83.0 Å². The molecule has 13 heavy (non-hydrogen) atoms. The molecule has 0 amide bonds. The Hall–Kier alpha value is -0.820. The van der Waals surface area contributed by atoms with Crippen LogP contribution in [0.15, 0.2) is 23.8 Å². The van der Waals surface area contributed by atoms with Crippen LogP contribution in [0.2, 0.25) is 0 Å². The second kappa shape index (κ2) is 4.43. The average Bonchev–Trinajstić information content (AvgIpc) is 2.13. The van der Waals surface area contributed by atoms with Crippen LogP contribution in [0.25, 0.3) is 6.08 Å². The standard InChI is InChI=1S/C11H12ClF/c1-8(7-12)6-10-5-3-4-9(2)11(10)13/h3-6H,7H2,1-2H3/b8-6-. The van der Waals surface area contributed by atoms with E-state index < -0.39 is 0 Å². The Morgan fingerprint density at radius 2 is 2.23 bits per heavy atom. The van der Waals surface area contributed by atoms with Crippen molar-refractivity contribution in [2.24, 2.45) is 0 Å². The van der Waals surface area contributed by atoms with Crippen LogP contribution in [0, 0.1) is 12.7 Å². The van der Waals surface area contributed by atoms with E-state index in [-0.39, 0.29) is 5.82 Å². The summed E-state index contributed by atoms with van der Waals surface area (Å²) in [6, 6.07) is 5.34. The first-order valence-corrected chi connectivity index (χ1v) is 4.67. The minimum absolute atomic E-state index is 0.160. The van der Waals surface area contributed by atoms with Crippen LogP contribution >= 0.6 is 11.6 Å². The van der Waals surface area contributed by atoms with Crippen LogP contribution in [-0.2, 0) is 0 Å². The van der Waals surface area contributed by atoms with Gasteiger partial charge in [0.15, 0.2) is 0 Å². The molecule has 0 N–H and O–H groups in total. The first kappa shape index (κ1) is 10.3. The third-order valence-electron chi connectivity index (χ3n) is 1.83. The lowest BCUT2D eigenvalue weighted by Gasteiger charge is -2.01. The van der Waals surface area contributed by atoms with Crippen molar-refractivity contribution in [2.75, 3.05) is 5.88 Å². The summed E-state index contributed by atoms with van der Waals surface area (Å²) in [6.45, 7) is 3.64. The Bertz CT molecular complexity index is 329. The predicted octanol–water partition coefficient (Wildman–Crippen LogP) is 3.78. The van der Waals surface area contributed by atoms with Gasteiger partial charge in [-0.05, 0) is 19.4 Å². The number of aryl methyl sites for hydroxylation is 1. The highest BCUT2D eigenvalue weighted by atomic mass is 35.5. The fraction of sp³-hybridized carbons (Fsp3) is 0.273. The lowest BCUT2D eigenvalue weighted by Crippen LogP contribution is -1.87. The molecule has 0 heterocycles. The molecular formula is C11H12ClF.